The topological polar surface area (TPSA) is 36.9 Å². The molecule has 0 aliphatic carbocycles. The van der Waals surface area contributed by atoms with E-state index in [-0.39, 0.29) is 31.4 Å². The number of rotatable bonds is 23. The van der Waals surface area contributed by atoms with E-state index in [4.69, 9.17) is 25.4 Å². The first-order chi connectivity index (χ1) is 23.2. The van der Waals surface area contributed by atoms with Crippen molar-refractivity contribution in [2.45, 2.75) is 180 Å². The largest absolute Gasteiger partial charge is 1.00 e. The quantitative estimate of drug-likeness (QED) is 0.0262. The fourth-order valence-electron chi connectivity index (χ4n) is 4.55. The Labute approximate surface area is 320 Å². The van der Waals surface area contributed by atoms with Crippen LogP contribution in [0.15, 0.2) is 25.3 Å². The maximum absolute atomic E-state index is 5.72. The molecule has 0 aromatic heterocycles. The Morgan fingerprint density at radius 3 is 1.54 bits per heavy atom. The first-order valence-corrected chi connectivity index (χ1v) is 20.2. The Kier molecular flexibility index (Phi) is 52.6. The van der Waals surface area contributed by atoms with E-state index in [1.54, 1.807) is 0 Å². The zero-order valence-electron chi connectivity index (χ0n) is 31.7. The zero-order chi connectivity index (χ0) is 34.7. The molecule has 4 nitrogen and oxygen atoms in total. The summed E-state index contributed by atoms with van der Waals surface area (Å²) in [6, 6.07) is 0. The summed E-state index contributed by atoms with van der Waals surface area (Å²) >= 11 is 3.30. The van der Waals surface area contributed by atoms with Crippen molar-refractivity contribution in [3.63, 3.8) is 0 Å². The van der Waals surface area contributed by atoms with Gasteiger partial charge in [0.15, 0.2) is 12.6 Å². The third-order valence-corrected chi connectivity index (χ3v) is 8.09. The van der Waals surface area contributed by atoms with Gasteiger partial charge in [-0.1, -0.05) is 80.0 Å². The molecule has 2 aliphatic heterocycles. The molecular weight excluding hydrogens is 655 g/mol. The molecular formula is C42H74BrLiO4. The van der Waals surface area contributed by atoms with Crippen LogP contribution in [0.3, 0.4) is 0 Å². The van der Waals surface area contributed by atoms with Crippen molar-refractivity contribution in [2.75, 3.05) is 31.8 Å². The molecule has 0 saturated carbocycles. The average molecular weight is 730 g/mol. The maximum atomic E-state index is 5.72. The second-order valence-corrected chi connectivity index (χ2v) is 12.9. The van der Waals surface area contributed by atoms with Crippen LogP contribution in [-0.4, -0.2) is 44.3 Å². The summed E-state index contributed by atoms with van der Waals surface area (Å²) < 4.78 is 22.4. The number of terminal acetylenes is 1. The van der Waals surface area contributed by atoms with Gasteiger partial charge < -0.3 is 25.9 Å². The van der Waals surface area contributed by atoms with E-state index in [2.05, 4.69) is 60.7 Å². The fraction of sp³-hybridized carbons (Fsp3) is 0.786. The number of halogens is 1. The van der Waals surface area contributed by atoms with E-state index in [0.29, 0.717) is 0 Å². The smallest absolute Gasteiger partial charge is 0.353 e. The standard InChI is InChI=1S/C19H32O2.C14H24O2.C5H9Br.C4H9.Li/c1-2-3-4-5-6-7-8-9-10-11-12-14-17-20-19-16-13-15-18-21-19;1-2-3-4-5-6-7-9-12-15-14-11-8-10-13-16-14;1-2-3-4-5-6;1-3-4-2;/h2,19H,1,3-5,8-18H2;1,14H,3-13H2;2H,1,3-5H2;1,3-4H2,2H3;/q;;;-1;+1. The predicted octanol–water partition coefficient (Wildman–Crippen LogP) is 9.71. The van der Waals surface area contributed by atoms with Gasteiger partial charge in [0.1, 0.15) is 0 Å². The van der Waals surface area contributed by atoms with Crippen LogP contribution < -0.4 is 18.9 Å². The van der Waals surface area contributed by atoms with Gasteiger partial charge in [-0.05, 0) is 89.9 Å². The molecule has 2 aliphatic rings. The van der Waals surface area contributed by atoms with Crippen molar-refractivity contribution in [2.24, 2.45) is 0 Å². The number of alkyl halides is 1. The molecule has 2 fully saturated rings. The van der Waals surface area contributed by atoms with Crippen LogP contribution in [-0.2, 0) is 18.9 Å². The molecule has 0 radical (unpaired) electrons. The molecule has 0 spiro atoms. The van der Waals surface area contributed by atoms with Gasteiger partial charge >= 0.3 is 18.9 Å². The average Bonchev–Trinajstić information content (AvgIpc) is 3.12. The van der Waals surface area contributed by atoms with Crippen LogP contribution in [0.1, 0.15) is 167 Å². The number of unbranched alkanes of at least 4 members (excludes halogenated alkanes) is 14. The van der Waals surface area contributed by atoms with E-state index in [1.165, 1.54) is 89.9 Å². The predicted molar refractivity (Wildman–Crippen MR) is 209 cm³/mol. The van der Waals surface area contributed by atoms with Gasteiger partial charge in [-0.2, -0.15) is 6.42 Å². The molecule has 2 saturated heterocycles. The van der Waals surface area contributed by atoms with Crippen LogP contribution in [0.4, 0.5) is 0 Å². The van der Waals surface area contributed by atoms with Crippen LogP contribution in [0.25, 0.3) is 0 Å². The second-order valence-electron chi connectivity index (χ2n) is 12.1. The third-order valence-electron chi connectivity index (χ3n) is 7.53. The van der Waals surface area contributed by atoms with Crippen molar-refractivity contribution in [1.29, 1.82) is 0 Å². The van der Waals surface area contributed by atoms with Gasteiger partial charge in [-0.25, -0.2) is 0 Å². The number of hydrogen-bond acceptors (Lipinski definition) is 4. The molecule has 0 bridgehead atoms. The van der Waals surface area contributed by atoms with Gasteiger partial charge in [0.05, 0.1) is 0 Å². The first kappa shape index (κ1) is 51.9. The number of ether oxygens (including phenoxy) is 4. The Morgan fingerprint density at radius 1 is 0.708 bits per heavy atom. The summed E-state index contributed by atoms with van der Waals surface area (Å²) in [5.41, 5.74) is 0. The van der Waals surface area contributed by atoms with Crippen LogP contribution in [0.5, 0.6) is 0 Å². The summed E-state index contributed by atoms with van der Waals surface area (Å²) in [5.74, 6) is 9.17. The molecule has 0 amide bonds. The summed E-state index contributed by atoms with van der Waals surface area (Å²) in [4.78, 5) is 0. The van der Waals surface area contributed by atoms with Gasteiger partial charge in [0.2, 0.25) is 0 Å². The molecule has 6 heteroatoms. The van der Waals surface area contributed by atoms with E-state index in [9.17, 15) is 0 Å². The molecule has 0 aromatic carbocycles. The van der Waals surface area contributed by atoms with Crippen molar-refractivity contribution >= 4 is 15.9 Å². The molecule has 0 aromatic rings. The minimum absolute atomic E-state index is 0. The van der Waals surface area contributed by atoms with E-state index in [0.717, 1.165) is 102 Å². The molecule has 2 heterocycles. The van der Waals surface area contributed by atoms with Crippen molar-refractivity contribution < 1.29 is 37.8 Å². The summed E-state index contributed by atoms with van der Waals surface area (Å²) in [6.07, 6.45) is 38.5. The SMILES string of the molecule is C#CCCCCCCCOC1CCCCO1.C=CCCCBr.C=CCCCC#CCCCCCCCOC1CCCCO1.[CH2-]CCC.[Li+]. The van der Waals surface area contributed by atoms with E-state index < -0.39 is 0 Å². The normalized spacial score (nSPS) is 16.4. The van der Waals surface area contributed by atoms with Crippen molar-refractivity contribution in [3.05, 3.63) is 32.2 Å². The van der Waals surface area contributed by atoms with Crippen LogP contribution in [0.2, 0.25) is 0 Å². The minimum atomic E-state index is 0. The maximum Gasteiger partial charge on any atom is 1.00 e. The molecule has 48 heavy (non-hydrogen) atoms. The molecule has 274 valence electrons. The Balaban J connectivity index is -0.000000659. The van der Waals surface area contributed by atoms with Gasteiger partial charge in [0, 0.05) is 51.0 Å². The van der Waals surface area contributed by atoms with Gasteiger partial charge in [-0.15, -0.1) is 37.3 Å². The molecule has 2 unspecified atom stereocenters. The monoisotopic (exact) mass is 728 g/mol. The number of hydrogen-bond donors (Lipinski definition) is 0. The molecule has 0 N–H and O–H groups in total. The van der Waals surface area contributed by atoms with E-state index in [1.807, 2.05) is 12.2 Å². The molecule has 2 atom stereocenters. The van der Waals surface area contributed by atoms with Crippen molar-refractivity contribution in [1.82, 2.24) is 0 Å². The number of allylic oxidation sites excluding steroid dienone is 2. The first-order valence-electron chi connectivity index (χ1n) is 19.1. The van der Waals surface area contributed by atoms with Crippen molar-refractivity contribution in [3.8, 4) is 24.2 Å². The van der Waals surface area contributed by atoms with Crippen LogP contribution in [0, 0.1) is 31.1 Å². The van der Waals surface area contributed by atoms with Gasteiger partial charge in [0.25, 0.3) is 0 Å². The summed E-state index contributed by atoms with van der Waals surface area (Å²) in [6.45, 7) is 16.5. The summed E-state index contributed by atoms with van der Waals surface area (Å²) in [7, 11) is 0. The van der Waals surface area contributed by atoms with E-state index >= 15 is 0 Å². The minimum Gasteiger partial charge on any atom is -0.353 e. The Morgan fingerprint density at radius 2 is 1.15 bits per heavy atom. The second kappa shape index (κ2) is 48.6. The fourth-order valence-corrected chi connectivity index (χ4v) is 4.88. The Bertz CT molecular complexity index is 715. The Hall–Kier alpha value is -0.483. The summed E-state index contributed by atoms with van der Waals surface area (Å²) in [5, 5.41) is 1.10. The van der Waals surface area contributed by atoms with Gasteiger partial charge in [-0.3, -0.25) is 0 Å². The third kappa shape index (κ3) is 45.5. The zero-order valence-corrected chi connectivity index (χ0v) is 33.3. The molecule has 2 rings (SSSR count). The van der Waals surface area contributed by atoms with Crippen LogP contribution >= 0.6 is 15.9 Å².